The van der Waals surface area contributed by atoms with Gasteiger partial charge in [-0.1, -0.05) is 55.0 Å². The molecule has 164 valence electrons. The highest BCUT2D eigenvalue weighted by Crippen LogP contribution is 2.55. The summed E-state index contributed by atoms with van der Waals surface area (Å²) >= 11 is 1.80. The van der Waals surface area contributed by atoms with E-state index in [0.717, 1.165) is 23.4 Å². The van der Waals surface area contributed by atoms with Crippen LogP contribution in [0, 0.1) is 0 Å². The first-order valence-electron chi connectivity index (χ1n) is 11.6. The molecule has 0 saturated carbocycles. The highest BCUT2D eigenvalue weighted by molar-refractivity contribution is 8.00. The summed E-state index contributed by atoms with van der Waals surface area (Å²) < 4.78 is 5.96. The summed E-state index contributed by atoms with van der Waals surface area (Å²) in [7, 11) is 0. The van der Waals surface area contributed by atoms with Crippen molar-refractivity contribution in [3.8, 4) is 5.75 Å². The van der Waals surface area contributed by atoms with Crippen molar-refractivity contribution in [2.45, 2.75) is 35.3 Å². The third-order valence-corrected chi connectivity index (χ3v) is 7.91. The topological polar surface area (TPSA) is 29.5 Å². The molecule has 0 bridgehead atoms. The minimum absolute atomic E-state index is 0.0987. The first-order valence-corrected chi connectivity index (χ1v) is 12.5. The summed E-state index contributed by atoms with van der Waals surface area (Å²) in [4.78, 5) is 17.3. The van der Waals surface area contributed by atoms with Crippen LogP contribution in [-0.4, -0.2) is 36.9 Å². The molecule has 2 aliphatic rings. The number of nitrogens with zero attached hydrogens (tertiary/aromatic N) is 1. The van der Waals surface area contributed by atoms with Gasteiger partial charge in [-0.25, -0.2) is 0 Å². The van der Waals surface area contributed by atoms with Crippen LogP contribution in [0.2, 0.25) is 0 Å². The van der Waals surface area contributed by atoms with Crippen LogP contribution < -0.4 is 4.74 Å². The van der Waals surface area contributed by atoms with Gasteiger partial charge in [0.2, 0.25) is 0 Å². The summed E-state index contributed by atoms with van der Waals surface area (Å²) in [6.07, 6.45) is 3.94. The lowest BCUT2D eigenvalue weighted by Crippen LogP contribution is -2.33. The molecule has 0 aliphatic carbocycles. The first-order chi connectivity index (χ1) is 15.8. The molecule has 2 atom stereocenters. The Kier molecular flexibility index (Phi) is 6.61. The largest absolute Gasteiger partial charge is 0.492 e. The van der Waals surface area contributed by atoms with E-state index in [9.17, 15) is 4.79 Å². The van der Waals surface area contributed by atoms with E-state index in [1.165, 1.54) is 42.8 Å². The fourth-order valence-corrected chi connectivity index (χ4v) is 6.23. The Balaban J connectivity index is 1.30. The first kappa shape index (κ1) is 21.3. The van der Waals surface area contributed by atoms with E-state index < -0.39 is 0 Å². The third-order valence-electron chi connectivity index (χ3n) is 6.49. The van der Waals surface area contributed by atoms with Crippen LogP contribution in [-0.2, 0) is 0 Å². The number of hydrogen-bond donors (Lipinski definition) is 0. The molecule has 5 rings (SSSR count). The Morgan fingerprint density at radius 1 is 0.875 bits per heavy atom. The third kappa shape index (κ3) is 4.62. The number of fused-ring (bicyclic) bond motifs is 1. The molecule has 0 N–H and O–H groups in total. The van der Waals surface area contributed by atoms with Crippen LogP contribution in [0.25, 0.3) is 0 Å². The van der Waals surface area contributed by atoms with Crippen molar-refractivity contribution < 1.29 is 9.53 Å². The minimum Gasteiger partial charge on any atom is -0.492 e. The number of likely N-dealkylation sites (tertiary alicyclic amines) is 1. The maximum atomic E-state index is 13.7. The summed E-state index contributed by atoms with van der Waals surface area (Å²) in [5, 5.41) is 0.0987. The van der Waals surface area contributed by atoms with E-state index in [-0.39, 0.29) is 17.0 Å². The summed E-state index contributed by atoms with van der Waals surface area (Å²) in [5.74, 6) is 0.833. The monoisotopic (exact) mass is 443 g/mol. The molecule has 1 fully saturated rings. The molecule has 2 unspecified atom stereocenters. The molecule has 4 heteroatoms. The Morgan fingerprint density at radius 2 is 1.59 bits per heavy atom. The van der Waals surface area contributed by atoms with Gasteiger partial charge in [0.05, 0.1) is 5.92 Å². The van der Waals surface area contributed by atoms with E-state index in [1.807, 2.05) is 36.4 Å². The zero-order valence-corrected chi connectivity index (χ0v) is 19.1. The molecule has 0 aromatic heterocycles. The second kappa shape index (κ2) is 9.93. The summed E-state index contributed by atoms with van der Waals surface area (Å²) in [6, 6.07) is 26.4. The number of carbonyl (C=O) groups excluding carboxylic acids is 1. The molecule has 1 saturated heterocycles. The van der Waals surface area contributed by atoms with Crippen molar-refractivity contribution in [3.63, 3.8) is 0 Å². The van der Waals surface area contributed by atoms with E-state index in [2.05, 4.69) is 47.4 Å². The number of Topliss-reactive ketones (excluding diaryl/α,β-unsaturated/α-hetero) is 1. The van der Waals surface area contributed by atoms with Crippen LogP contribution in [0.3, 0.4) is 0 Å². The molecule has 3 aromatic carbocycles. The molecule has 3 nitrogen and oxygen atoms in total. The number of benzene rings is 3. The smallest absolute Gasteiger partial charge is 0.171 e. The lowest BCUT2D eigenvalue weighted by molar-refractivity contribution is 0.0958. The van der Waals surface area contributed by atoms with Crippen molar-refractivity contribution >= 4 is 17.5 Å². The normalized spacial score (nSPS) is 20.6. The minimum atomic E-state index is -0.176. The Bertz CT molecular complexity index is 1040. The van der Waals surface area contributed by atoms with Crippen LogP contribution in [0.5, 0.6) is 5.75 Å². The van der Waals surface area contributed by atoms with Gasteiger partial charge in [-0.15, -0.1) is 11.8 Å². The molecule has 0 spiro atoms. The van der Waals surface area contributed by atoms with Crippen molar-refractivity contribution in [2.75, 3.05) is 26.2 Å². The van der Waals surface area contributed by atoms with Gasteiger partial charge < -0.3 is 4.74 Å². The van der Waals surface area contributed by atoms with Crippen LogP contribution >= 0.6 is 11.8 Å². The molecular weight excluding hydrogens is 414 g/mol. The van der Waals surface area contributed by atoms with E-state index in [0.29, 0.717) is 6.61 Å². The molecule has 2 aliphatic heterocycles. The van der Waals surface area contributed by atoms with Gasteiger partial charge in [0, 0.05) is 22.3 Å². The highest BCUT2D eigenvalue weighted by Gasteiger charge is 2.39. The number of hydrogen-bond acceptors (Lipinski definition) is 4. The second-order valence-electron chi connectivity index (χ2n) is 8.60. The fourth-order valence-electron chi connectivity index (χ4n) is 4.77. The molecular formula is C28H29NO2S. The summed E-state index contributed by atoms with van der Waals surface area (Å²) in [6.45, 7) is 4.02. The number of ketones is 1. The lowest BCUT2D eigenvalue weighted by atomic mass is 9.85. The summed E-state index contributed by atoms with van der Waals surface area (Å²) in [5.41, 5.74) is 3.08. The van der Waals surface area contributed by atoms with E-state index in [1.54, 1.807) is 11.8 Å². The Hall–Kier alpha value is -2.56. The lowest BCUT2D eigenvalue weighted by Gasteiger charge is -2.26. The van der Waals surface area contributed by atoms with Crippen molar-refractivity contribution in [2.24, 2.45) is 0 Å². The maximum absolute atomic E-state index is 13.7. The van der Waals surface area contributed by atoms with Gasteiger partial charge in [-0.2, -0.15) is 0 Å². The molecule has 32 heavy (non-hydrogen) atoms. The van der Waals surface area contributed by atoms with Crippen LogP contribution in [0.1, 0.15) is 51.9 Å². The predicted octanol–water partition coefficient (Wildman–Crippen LogP) is 6.36. The SMILES string of the molecule is O=C(c1ccc(OCCN2CCCCC2)cc1)C1c2ccccc2SC1c1ccccc1. The van der Waals surface area contributed by atoms with Gasteiger partial charge in [-0.05, 0) is 67.4 Å². The number of thioether (sulfide) groups is 1. The fraction of sp³-hybridized carbons (Fsp3) is 0.321. The molecule has 0 radical (unpaired) electrons. The Labute approximate surface area is 194 Å². The van der Waals surface area contributed by atoms with Gasteiger partial charge >= 0.3 is 0 Å². The van der Waals surface area contributed by atoms with Crippen molar-refractivity contribution in [1.82, 2.24) is 4.90 Å². The van der Waals surface area contributed by atoms with Gasteiger partial charge in [0.25, 0.3) is 0 Å². The van der Waals surface area contributed by atoms with E-state index in [4.69, 9.17) is 4.74 Å². The molecule has 3 aromatic rings. The zero-order chi connectivity index (χ0) is 21.8. The van der Waals surface area contributed by atoms with Crippen LogP contribution in [0.15, 0.2) is 83.8 Å². The highest BCUT2D eigenvalue weighted by atomic mass is 32.2. The van der Waals surface area contributed by atoms with Gasteiger partial charge in [-0.3, -0.25) is 9.69 Å². The van der Waals surface area contributed by atoms with E-state index >= 15 is 0 Å². The predicted molar refractivity (Wildman–Crippen MR) is 131 cm³/mol. The zero-order valence-electron chi connectivity index (χ0n) is 18.3. The Morgan fingerprint density at radius 3 is 2.38 bits per heavy atom. The molecule has 2 heterocycles. The quantitative estimate of drug-likeness (QED) is 0.397. The number of carbonyl (C=O) groups is 1. The van der Waals surface area contributed by atoms with Crippen molar-refractivity contribution in [3.05, 3.63) is 95.6 Å². The van der Waals surface area contributed by atoms with Crippen molar-refractivity contribution in [1.29, 1.82) is 0 Å². The second-order valence-corrected chi connectivity index (χ2v) is 9.79. The van der Waals surface area contributed by atoms with Gasteiger partial charge in [0.15, 0.2) is 5.78 Å². The average molecular weight is 444 g/mol. The number of rotatable bonds is 7. The van der Waals surface area contributed by atoms with Gasteiger partial charge in [0.1, 0.15) is 12.4 Å². The maximum Gasteiger partial charge on any atom is 0.171 e. The number of piperidine rings is 1. The van der Waals surface area contributed by atoms with Crippen LogP contribution in [0.4, 0.5) is 0 Å². The number of ether oxygens (including phenoxy) is 1. The average Bonchev–Trinajstić information content (AvgIpc) is 3.25. The molecule has 0 amide bonds. The standard InChI is InChI=1S/C28H29NO2S/c30-27(21-13-15-23(16-14-21)31-20-19-29-17-7-2-8-18-29)26-24-11-5-6-12-25(24)32-28(26)22-9-3-1-4-10-22/h1,3-6,9-16,26,28H,2,7-8,17-20H2.